The van der Waals surface area contributed by atoms with E-state index in [0.717, 1.165) is 5.56 Å². The second-order valence-corrected chi connectivity index (χ2v) is 8.52. The molecule has 0 amide bonds. The van der Waals surface area contributed by atoms with Gasteiger partial charge in [0, 0.05) is 25.1 Å². The maximum absolute atomic E-state index is 13.3. The smallest absolute Gasteiger partial charge is 0.304 e. The number of rotatable bonds is 8. The first-order valence-corrected chi connectivity index (χ1v) is 10.6. The Morgan fingerprint density at radius 3 is 2.50 bits per heavy atom. The van der Waals surface area contributed by atoms with Crippen molar-refractivity contribution in [3.8, 4) is 5.75 Å². The number of aliphatic carboxylic acids is 1. The van der Waals surface area contributed by atoms with Crippen molar-refractivity contribution in [3.05, 3.63) is 70.6 Å². The fourth-order valence-corrected chi connectivity index (χ4v) is 4.69. The summed E-state index contributed by atoms with van der Waals surface area (Å²) in [5.41, 5.74) is 1.71. The van der Waals surface area contributed by atoms with E-state index in [9.17, 15) is 13.2 Å². The number of fused-ring (bicyclic) bond motifs is 1. The Kier molecular flexibility index (Phi) is 6.49. The quantitative estimate of drug-likeness (QED) is 0.735. The molecule has 1 N–H and O–H groups in total. The van der Waals surface area contributed by atoms with E-state index in [1.807, 2.05) is 48.5 Å². The number of nitrogens with zero attached hydrogens (tertiary/aromatic N) is 1. The fraction of sp³-hybridized carbons (Fsp3) is 0.286. The van der Waals surface area contributed by atoms with Gasteiger partial charge in [0.1, 0.15) is 5.75 Å². The summed E-state index contributed by atoms with van der Waals surface area (Å²) in [5, 5.41) is 9.04. The molecule has 2 aromatic carbocycles. The summed E-state index contributed by atoms with van der Waals surface area (Å²) in [6, 6.07) is 16.8. The van der Waals surface area contributed by atoms with Gasteiger partial charge in [0.25, 0.3) is 0 Å². The first kappa shape index (κ1) is 20.1. The minimum absolute atomic E-state index is 0.0651. The summed E-state index contributed by atoms with van der Waals surface area (Å²) < 4.78 is 33.5. The summed E-state index contributed by atoms with van der Waals surface area (Å²) in [6.45, 7) is 0.414. The SMILES string of the molecule is O=C(O)CCN(CCc1ccccc1)S(=O)(=O)C1=Cc2ccccc2OCC1. The molecule has 0 unspecified atom stereocenters. The summed E-state index contributed by atoms with van der Waals surface area (Å²) in [6.07, 6.45) is 2.15. The average Bonchev–Trinajstić information content (AvgIpc) is 2.91. The maximum atomic E-state index is 13.3. The Morgan fingerprint density at radius 1 is 1.04 bits per heavy atom. The molecule has 0 fully saturated rings. The molecule has 6 nitrogen and oxygen atoms in total. The third-order valence-corrected chi connectivity index (χ3v) is 6.61. The summed E-state index contributed by atoms with van der Waals surface area (Å²) in [5.74, 6) is -0.377. The number of hydrogen-bond acceptors (Lipinski definition) is 4. The van der Waals surface area contributed by atoms with E-state index >= 15 is 0 Å². The van der Waals surface area contributed by atoms with Crippen LogP contribution in [0.3, 0.4) is 0 Å². The predicted octanol–water partition coefficient (Wildman–Crippen LogP) is 3.16. The molecule has 148 valence electrons. The molecule has 3 rings (SSSR count). The number of para-hydroxylation sites is 1. The molecule has 1 heterocycles. The van der Waals surface area contributed by atoms with Crippen LogP contribution in [0.15, 0.2) is 59.5 Å². The van der Waals surface area contributed by atoms with E-state index in [-0.39, 0.29) is 37.4 Å². The lowest BCUT2D eigenvalue weighted by Gasteiger charge is -2.23. The van der Waals surface area contributed by atoms with Crippen LogP contribution in [0.25, 0.3) is 6.08 Å². The first-order chi connectivity index (χ1) is 13.5. The largest absolute Gasteiger partial charge is 0.493 e. The highest BCUT2D eigenvalue weighted by atomic mass is 32.2. The molecular formula is C21H23NO5S. The minimum atomic E-state index is -3.80. The number of sulfonamides is 1. The lowest BCUT2D eigenvalue weighted by molar-refractivity contribution is -0.137. The van der Waals surface area contributed by atoms with Crippen LogP contribution in [-0.2, 0) is 21.2 Å². The number of hydrogen-bond donors (Lipinski definition) is 1. The number of carboxylic acids is 1. The van der Waals surface area contributed by atoms with Crippen molar-refractivity contribution in [1.29, 1.82) is 0 Å². The molecule has 0 spiro atoms. The van der Waals surface area contributed by atoms with Crippen LogP contribution in [-0.4, -0.2) is 43.5 Å². The Hall–Kier alpha value is -2.64. The normalized spacial score (nSPS) is 14.0. The van der Waals surface area contributed by atoms with Gasteiger partial charge in [0.15, 0.2) is 0 Å². The van der Waals surface area contributed by atoms with Crippen LogP contribution in [0, 0.1) is 0 Å². The molecule has 0 saturated heterocycles. The highest BCUT2D eigenvalue weighted by Gasteiger charge is 2.28. The molecule has 1 aliphatic heterocycles. The van der Waals surface area contributed by atoms with Gasteiger partial charge in [-0.1, -0.05) is 48.5 Å². The topological polar surface area (TPSA) is 83.9 Å². The van der Waals surface area contributed by atoms with Crippen molar-refractivity contribution < 1.29 is 23.1 Å². The Morgan fingerprint density at radius 2 is 1.75 bits per heavy atom. The van der Waals surface area contributed by atoms with Gasteiger partial charge in [-0.05, 0) is 24.1 Å². The first-order valence-electron chi connectivity index (χ1n) is 9.15. The maximum Gasteiger partial charge on any atom is 0.304 e. The van der Waals surface area contributed by atoms with Crippen molar-refractivity contribution in [2.45, 2.75) is 19.3 Å². The van der Waals surface area contributed by atoms with Crippen molar-refractivity contribution in [3.63, 3.8) is 0 Å². The van der Waals surface area contributed by atoms with Crippen LogP contribution >= 0.6 is 0 Å². The van der Waals surface area contributed by atoms with Gasteiger partial charge in [0.05, 0.1) is 17.9 Å². The van der Waals surface area contributed by atoms with Gasteiger partial charge < -0.3 is 9.84 Å². The summed E-state index contributed by atoms with van der Waals surface area (Å²) in [4.78, 5) is 11.3. The van der Waals surface area contributed by atoms with Crippen molar-refractivity contribution in [1.82, 2.24) is 4.31 Å². The summed E-state index contributed by atoms with van der Waals surface area (Å²) in [7, 11) is -3.80. The standard InChI is InChI=1S/C21H23NO5S/c23-21(24)11-14-22(13-10-17-6-2-1-3-7-17)28(25,26)19-12-15-27-20-9-5-4-8-18(20)16-19/h1-9,16H,10-15H2,(H,23,24). The number of carboxylic acid groups (broad SMARTS) is 1. The van der Waals surface area contributed by atoms with Gasteiger partial charge >= 0.3 is 5.97 Å². The van der Waals surface area contributed by atoms with Crippen LogP contribution < -0.4 is 4.74 Å². The van der Waals surface area contributed by atoms with Gasteiger partial charge in [-0.25, -0.2) is 8.42 Å². The van der Waals surface area contributed by atoms with Gasteiger partial charge in [-0.3, -0.25) is 4.79 Å². The second-order valence-electron chi connectivity index (χ2n) is 6.53. The van der Waals surface area contributed by atoms with Gasteiger partial charge in [-0.15, -0.1) is 0 Å². The van der Waals surface area contributed by atoms with E-state index in [2.05, 4.69) is 0 Å². The van der Waals surface area contributed by atoms with Gasteiger partial charge in [-0.2, -0.15) is 4.31 Å². The lowest BCUT2D eigenvalue weighted by Crippen LogP contribution is -2.35. The Bertz CT molecular complexity index is 954. The molecule has 0 atom stereocenters. The van der Waals surface area contributed by atoms with Crippen LogP contribution in [0.5, 0.6) is 5.75 Å². The predicted molar refractivity (Wildman–Crippen MR) is 107 cm³/mol. The molecule has 28 heavy (non-hydrogen) atoms. The molecule has 2 aromatic rings. The van der Waals surface area contributed by atoms with Crippen LogP contribution in [0.4, 0.5) is 0 Å². The zero-order valence-electron chi connectivity index (χ0n) is 15.5. The molecule has 0 aliphatic carbocycles. The average molecular weight is 401 g/mol. The number of carbonyl (C=O) groups is 1. The highest BCUT2D eigenvalue weighted by molar-refractivity contribution is 7.93. The van der Waals surface area contributed by atoms with Crippen molar-refractivity contribution >= 4 is 22.1 Å². The Balaban J connectivity index is 1.86. The zero-order valence-corrected chi connectivity index (χ0v) is 16.3. The zero-order chi connectivity index (χ0) is 20.0. The Labute approximate surface area is 165 Å². The third-order valence-electron chi connectivity index (χ3n) is 4.58. The van der Waals surface area contributed by atoms with Crippen LogP contribution in [0.1, 0.15) is 24.0 Å². The third kappa shape index (κ3) is 4.99. The van der Waals surface area contributed by atoms with E-state index in [1.165, 1.54) is 4.31 Å². The molecule has 0 bridgehead atoms. The minimum Gasteiger partial charge on any atom is -0.493 e. The second kappa shape index (κ2) is 9.03. The molecule has 0 radical (unpaired) electrons. The molecule has 0 aromatic heterocycles. The van der Waals surface area contributed by atoms with Crippen molar-refractivity contribution in [2.75, 3.05) is 19.7 Å². The highest BCUT2D eigenvalue weighted by Crippen LogP contribution is 2.29. The van der Waals surface area contributed by atoms with E-state index in [4.69, 9.17) is 9.84 Å². The fourth-order valence-electron chi connectivity index (χ4n) is 3.08. The summed E-state index contributed by atoms with van der Waals surface area (Å²) >= 11 is 0. The monoisotopic (exact) mass is 401 g/mol. The number of benzene rings is 2. The van der Waals surface area contributed by atoms with E-state index in [1.54, 1.807) is 12.1 Å². The van der Waals surface area contributed by atoms with Crippen LogP contribution in [0.2, 0.25) is 0 Å². The molecule has 0 saturated carbocycles. The van der Waals surface area contributed by atoms with E-state index in [0.29, 0.717) is 17.7 Å². The molecule has 7 heteroatoms. The van der Waals surface area contributed by atoms with E-state index < -0.39 is 16.0 Å². The van der Waals surface area contributed by atoms with Gasteiger partial charge in [0.2, 0.25) is 10.0 Å². The molecular weight excluding hydrogens is 378 g/mol. The van der Waals surface area contributed by atoms with Crippen molar-refractivity contribution in [2.24, 2.45) is 0 Å². The number of ether oxygens (including phenoxy) is 1. The lowest BCUT2D eigenvalue weighted by atomic mass is 10.1. The molecule has 1 aliphatic rings.